The fourth-order valence-corrected chi connectivity index (χ4v) is 3.06. The number of nitro benzene ring substituents is 2. The van der Waals surface area contributed by atoms with Gasteiger partial charge in [0.15, 0.2) is 5.70 Å². The summed E-state index contributed by atoms with van der Waals surface area (Å²) in [5.74, 6) is -0.211. The molecule has 10 nitrogen and oxygen atoms in total. The summed E-state index contributed by atoms with van der Waals surface area (Å²) in [5.41, 5.74) is 0.362. The van der Waals surface area contributed by atoms with E-state index in [0.29, 0.717) is 11.3 Å². The average molecular weight is 440 g/mol. The second kappa shape index (κ2) is 7.84. The van der Waals surface area contributed by atoms with E-state index in [2.05, 4.69) is 4.99 Å². The molecule has 2 aromatic carbocycles. The number of ether oxygens (including phenoxy) is 1. The predicted molar refractivity (Wildman–Crippen MR) is 110 cm³/mol. The topological polar surface area (TPSA) is 138 Å². The van der Waals surface area contributed by atoms with Crippen LogP contribution in [0.5, 0.6) is 0 Å². The van der Waals surface area contributed by atoms with Crippen LogP contribution in [0.3, 0.4) is 0 Å². The Balaban J connectivity index is 1.62. The van der Waals surface area contributed by atoms with Crippen molar-refractivity contribution in [2.45, 2.75) is 0 Å². The third kappa shape index (κ3) is 4.05. The second-order valence-electron chi connectivity index (χ2n) is 6.27. The first-order valence-electron chi connectivity index (χ1n) is 8.63. The van der Waals surface area contributed by atoms with Crippen LogP contribution in [0.2, 0.25) is 5.02 Å². The van der Waals surface area contributed by atoms with Crippen molar-refractivity contribution in [2.75, 3.05) is 0 Å². The molecule has 0 saturated heterocycles. The van der Waals surface area contributed by atoms with Gasteiger partial charge < -0.3 is 9.15 Å². The summed E-state index contributed by atoms with van der Waals surface area (Å²) in [6.45, 7) is 0. The number of cyclic esters (lactones) is 1. The maximum atomic E-state index is 12.2. The minimum absolute atomic E-state index is 0.00737. The molecule has 31 heavy (non-hydrogen) atoms. The molecule has 0 fully saturated rings. The fourth-order valence-electron chi connectivity index (χ4n) is 2.81. The summed E-state index contributed by atoms with van der Waals surface area (Å²) < 4.78 is 10.8. The van der Waals surface area contributed by atoms with Crippen LogP contribution in [0.4, 0.5) is 11.4 Å². The van der Waals surface area contributed by atoms with Crippen molar-refractivity contribution in [3.63, 3.8) is 0 Å². The SMILES string of the molecule is O=C1OC(c2ccc([N+](=O)[O-])cc2Cl)=NC1=Cc1ccc(-c2cccc([N+](=O)[O-])c2)o1. The lowest BCUT2D eigenvalue weighted by atomic mass is 10.1. The number of hydrogen-bond acceptors (Lipinski definition) is 8. The molecule has 0 radical (unpaired) electrons. The van der Waals surface area contributed by atoms with Gasteiger partial charge in [0, 0.05) is 35.9 Å². The van der Waals surface area contributed by atoms with Crippen molar-refractivity contribution in [3.05, 3.63) is 96.9 Å². The Hall–Kier alpha value is -4.31. The van der Waals surface area contributed by atoms with Crippen LogP contribution >= 0.6 is 11.6 Å². The molecule has 2 heterocycles. The normalized spacial score (nSPS) is 14.4. The van der Waals surface area contributed by atoms with Gasteiger partial charge in [-0.05, 0) is 18.2 Å². The van der Waals surface area contributed by atoms with Gasteiger partial charge in [-0.1, -0.05) is 23.7 Å². The Morgan fingerprint density at radius 3 is 2.42 bits per heavy atom. The molecule has 0 spiro atoms. The second-order valence-corrected chi connectivity index (χ2v) is 6.67. The number of carbonyl (C=O) groups is 1. The summed E-state index contributed by atoms with van der Waals surface area (Å²) in [4.78, 5) is 36.9. The van der Waals surface area contributed by atoms with Crippen molar-refractivity contribution in [3.8, 4) is 11.3 Å². The van der Waals surface area contributed by atoms with Gasteiger partial charge in [-0.15, -0.1) is 0 Å². The molecule has 11 heteroatoms. The van der Waals surface area contributed by atoms with Crippen LogP contribution in [0.15, 0.2) is 69.7 Å². The van der Waals surface area contributed by atoms with Gasteiger partial charge in [0.1, 0.15) is 11.5 Å². The number of benzene rings is 2. The lowest BCUT2D eigenvalue weighted by molar-refractivity contribution is -0.385. The Morgan fingerprint density at radius 2 is 1.71 bits per heavy atom. The first-order chi connectivity index (χ1) is 14.8. The van der Waals surface area contributed by atoms with Crippen molar-refractivity contribution < 1.29 is 23.8 Å². The number of nitro groups is 2. The fraction of sp³-hybridized carbons (Fsp3) is 0. The van der Waals surface area contributed by atoms with Gasteiger partial charge in [-0.3, -0.25) is 20.2 Å². The molecule has 1 aliphatic heterocycles. The standard InChI is InChI=1S/C20H10ClN3O7/c21-16-9-13(24(28)29)4-6-15(16)19-22-17(20(25)31-19)10-14-5-7-18(30-14)11-2-1-3-12(8-11)23(26)27/h1-10H. The third-order valence-electron chi connectivity index (χ3n) is 4.26. The number of aliphatic imine (C=N–C) groups is 1. The first-order valence-corrected chi connectivity index (χ1v) is 9.01. The van der Waals surface area contributed by atoms with E-state index in [1.54, 1.807) is 18.2 Å². The Labute approximate surface area is 178 Å². The Kier molecular flexibility index (Phi) is 5.05. The van der Waals surface area contributed by atoms with E-state index in [0.717, 1.165) is 6.07 Å². The number of rotatable bonds is 5. The van der Waals surface area contributed by atoms with Gasteiger partial charge in [-0.25, -0.2) is 9.79 Å². The highest BCUT2D eigenvalue weighted by atomic mass is 35.5. The minimum Gasteiger partial charge on any atom is -0.457 e. The van der Waals surface area contributed by atoms with E-state index < -0.39 is 15.8 Å². The van der Waals surface area contributed by atoms with Crippen LogP contribution in [-0.4, -0.2) is 21.7 Å². The zero-order valence-electron chi connectivity index (χ0n) is 15.4. The smallest absolute Gasteiger partial charge is 0.363 e. The number of nitrogens with zero attached hydrogens (tertiary/aromatic N) is 3. The van der Waals surface area contributed by atoms with Gasteiger partial charge >= 0.3 is 5.97 Å². The molecule has 154 valence electrons. The molecule has 4 rings (SSSR count). The summed E-state index contributed by atoms with van der Waals surface area (Å²) >= 11 is 6.05. The number of furan rings is 1. The minimum atomic E-state index is -0.752. The molecule has 0 saturated carbocycles. The molecule has 1 aromatic heterocycles. The molecule has 0 unspecified atom stereocenters. The number of halogens is 1. The maximum Gasteiger partial charge on any atom is 0.363 e. The monoisotopic (exact) mass is 439 g/mol. The number of non-ortho nitro benzene ring substituents is 2. The van der Waals surface area contributed by atoms with E-state index in [1.807, 2.05) is 0 Å². The summed E-state index contributed by atoms with van der Waals surface area (Å²) in [5, 5.41) is 21.8. The van der Waals surface area contributed by atoms with Gasteiger partial charge in [-0.2, -0.15) is 0 Å². The molecule has 0 N–H and O–H groups in total. The molecular formula is C20H10ClN3O7. The van der Waals surface area contributed by atoms with E-state index >= 15 is 0 Å². The van der Waals surface area contributed by atoms with Gasteiger partial charge in [0.2, 0.25) is 5.90 Å². The zero-order valence-corrected chi connectivity index (χ0v) is 16.1. The lowest BCUT2D eigenvalue weighted by Crippen LogP contribution is -2.06. The highest BCUT2D eigenvalue weighted by molar-refractivity contribution is 6.34. The van der Waals surface area contributed by atoms with Crippen LogP contribution < -0.4 is 0 Å². The van der Waals surface area contributed by atoms with Crippen LogP contribution in [0.1, 0.15) is 11.3 Å². The van der Waals surface area contributed by atoms with Crippen LogP contribution in [0, 0.1) is 20.2 Å². The highest BCUT2D eigenvalue weighted by Gasteiger charge is 2.27. The largest absolute Gasteiger partial charge is 0.457 e. The van der Waals surface area contributed by atoms with Crippen molar-refractivity contribution in [1.29, 1.82) is 0 Å². The number of carbonyl (C=O) groups excluding carboxylic acids is 1. The Bertz CT molecular complexity index is 1310. The predicted octanol–water partition coefficient (Wildman–Crippen LogP) is 4.76. The van der Waals surface area contributed by atoms with Crippen molar-refractivity contribution in [2.24, 2.45) is 4.99 Å². The van der Waals surface area contributed by atoms with Crippen LogP contribution in [-0.2, 0) is 9.53 Å². The van der Waals surface area contributed by atoms with Crippen molar-refractivity contribution >= 4 is 40.9 Å². The van der Waals surface area contributed by atoms with E-state index in [-0.39, 0.29) is 39.3 Å². The lowest BCUT2D eigenvalue weighted by Gasteiger charge is -2.02. The first kappa shape index (κ1) is 20.0. The quantitative estimate of drug-likeness (QED) is 0.241. The third-order valence-corrected chi connectivity index (χ3v) is 4.57. The zero-order chi connectivity index (χ0) is 22.1. The number of esters is 1. The molecule has 0 amide bonds. The van der Waals surface area contributed by atoms with E-state index in [1.165, 1.54) is 36.4 Å². The summed E-state index contributed by atoms with van der Waals surface area (Å²) in [6.07, 6.45) is 1.34. The number of hydrogen-bond donors (Lipinski definition) is 0. The van der Waals surface area contributed by atoms with Crippen LogP contribution in [0.25, 0.3) is 17.4 Å². The van der Waals surface area contributed by atoms with Crippen molar-refractivity contribution in [1.82, 2.24) is 0 Å². The molecule has 0 atom stereocenters. The molecule has 3 aromatic rings. The molecule has 0 aliphatic carbocycles. The van der Waals surface area contributed by atoms with Gasteiger partial charge in [0.05, 0.1) is 20.4 Å². The van der Waals surface area contributed by atoms with Gasteiger partial charge in [0.25, 0.3) is 11.4 Å². The Morgan fingerprint density at radius 1 is 0.968 bits per heavy atom. The summed E-state index contributed by atoms with van der Waals surface area (Å²) in [7, 11) is 0. The van der Waals surface area contributed by atoms with E-state index in [9.17, 15) is 25.0 Å². The average Bonchev–Trinajstić information content (AvgIpc) is 3.35. The molecular weight excluding hydrogens is 430 g/mol. The maximum absolute atomic E-state index is 12.2. The highest BCUT2D eigenvalue weighted by Crippen LogP contribution is 2.29. The molecule has 0 bridgehead atoms. The summed E-state index contributed by atoms with van der Waals surface area (Å²) in [6, 6.07) is 12.8. The molecule has 1 aliphatic rings. The van der Waals surface area contributed by atoms with E-state index in [4.69, 9.17) is 20.8 Å².